The van der Waals surface area contributed by atoms with Crippen molar-refractivity contribution in [3.8, 4) is 0 Å². The standard InChI is InChI=1S/C11H10F2N2/c12-11(13)6-10(11,14)8-3-1-2-7-4-5-15-9(7)8/h1-5,15H,6,14H2. The minimum absolute atomic E-state index is 0.266. The number of nitrogens with one attached hydrogen (secondary N) is 1. The lowest BCUT2D eigenvalue weighted by atomic mass is 10.0. The Bertz CT molecular complexity index is 532. The number of aromatic amines is 1. The van der Waals surface area contributed by atoms with Crippen LogP contribution in [0.5, 0.6) is 0 Å². The summed E-state index contributed by atoms with van der Waals surface area (Å²) in [6.07, 6.45) is 1.47. The highest BCUT2D eigenvalue weighted by molar-refractivity contribution is 5.84. The third-order valence-electron chi connectivity index (χ3n) is 3.10. The molecule has 0 radical (unpaired) electrons. The molecule has 1 aliphatic carbocycles. The lowest BCUT2D eigenvalue weighted by molar-refractivity contribution is 0.0894. The van der Waals surface area contributed by atoms with Crippen molar-refractivity contribution >= 4 is 10.9 Å². The average Bonchev–Trinajstić information content (AvgIpc) is 2.61. The van der Waals surface area contributed by atoms with Crippen LogP contribution >= 0.6 is 0 Å². The molecule has 1 aliphatic rings. The highest BCUT2D eigenvalue weighted by Gasteiger charge is 2.70. The average molecular weight is 208 g/mol. The van der Waals surface area contributed by atoms with Gasteiger partial charge < -0.3 is 10.7 Å². The lowest BCUT2D eigenvalue weighted by Gasteiger charge is -2.11. The third kappa shape index (κ3) is 0.997. The van der Waals surface area contributed by atoms with Crippen LogP contribution in [0.2, 0.25) is 0 Å². The van der Waals surface area contributed by atoms with E-state index in [9.17, 15) is 8.78 Å². The molecule has 0 bridgehead atoms. The second-order valence-electron chi connectivity index (χ2n) is 4.10. The van der Waals surface area contributed by atoms with Crippen LogP contribution in [0.15, 0.2) is 30.5 Å². The SMILES string of the molecule is NC1(c2cccc3cc[nH]c23)CC1(F)F. The molecule has 3 rings (SSSR count). The number of fused-ring (bicyclic) bond motifs is 1. The first-order chi connectivity index (χ1) is 7.05. The summed E-state index contributed by atoms with van der Waals surface area (Å²) in [6.45, 7) is 0. The molecule has 1 aromatic heterocycles. The molecule has 3 N–H and O–H groups in total. The second kappa shape index (κ2) is 2.39. The van der Waals surface area contributed by atoms with Gasteiger partial charge in [-0.05, 0) is 11.5 Å². The van der Waals surface area contributed by atoms with E-state index >= 15 is 0 Å². The number of hydrogen-bond donors (Lipinski definition) is 2. The fraction of sp³-hybridized carbons (Fsp3) is 0.273. The van der Waals surface area contributed by atoms with Crippen molar-refractivity contribution in [1.29, 1.82) is 0 Å². The summed E-state index contributed by atoms with van der Waals surface area (Å²) in [4.78, 5) is 2.96. The maximum Gasteiger partial charge on any atom is 0.272 e. The summed E-state index contributed by atoms with van der Waals surface area (Å²) < 4.78 is 26.3. The maximum atomic E-state index is 13.2. The Kier molecular flexibility index (Phi) is 1.41. The summed E-state index contributed by atoms with van der Waals surface area (Å²) >= 11 is 0. The van der Waals surface area contributed by atoms with E-state index < -0.39 is 11.5 Å². The molecular formula is C11H10F2N2. The Labute approximate surface area is 85.1 Å². The molecule has 1 atom stereocenters. The summed E-state index contributed by atoms with van der Waals surface area (Å²) in [5.41, 5.74) is 5.45. The molecule has 1 heterocycles. The third-order valence-corrected chi connectivity index (χ3v) is 3.10. The minimum atomic E-state index is -2.77. The van der Waals surface area contributed by atoms with Crippen LogP contribution in [-0.4, -0.2) is 10.9 Å². The summed E-state index contributed by atoms with van der Waals surface area (Å²) in [5.74, 6) is -2.77. The molecule has 2 aromatic rings. The number of para-hydroxylation sites is 1. The van der Waals surface area contributed by atoms with Gasteiger partial charge in [0.2, 0.25) is 0 Å². The van der Waals surface area contributed by atoms with Gasteiger partial charge in [-0.2, -0.15) is 0 Å². The van der Waals surface area contributed by atoms with Crippen molar-refractivity contribution in [2.45, 2.75) is 17.9 Å². The fourth-order valence-corrected chi connectivity index (χ4v) is 2.05. The summed E-state index contributed by atoms with van der Waals surface area (Å²) in [5, 5.41) is 0.917. The van der Waals surface area contributed by atoms with Crippen molar-refractivity contribution < 1.29 is 8.78 Å². The van der Waals surface area contributed by atoms with E-state index in [-0.39, 0.29) is 6.42 Å². The Hall–Kier alpha value is -1.42. The van der Waals surface area contributed by atoms with Crippen LogP contribution in [0.4, 0.5) is 8.78 Å². The molecule has 0 spiro atoms. The predicted octanol–water partition coefficient (Wildman–Crippen LogP) is 2.36. The van der Waals surface area contributed by atoms with Crippen molar-refractivity contribution in [3.05, 3.63) is 36.0 Å². The smallest absolute Gasteiger partial charge is 0.272 e. The van der Waals surface area contributed by atoms with E-state index in [1.54, 1.807) is 18.3 Å². The quantitative estimate of drug-likeness (QED) is 0.742. The van der Waals surface area contributed by atoms with Gasteiger partial charge in [-0.3, -0.25) is 0 Å². The van der Waals surface area contributed by atoms with E-state index in [0.717, 1.165) is 10.9 Å². The van der Waals surface area contributed by atoms with E-state index in [1.165, 1.54) is 0 Å². The number of alkyl halides is 2. The number of benzene rings is 1. The first-order valence-electron chi connectivity index (χ1n) is 4.78. The molecule has 15 heavy (non-hydrogen) atoms. The van der Waals surface area contributed by atoms with Gasteiger partial charge in [-0.15, -0.1) is 0 Å². The molecule has 1 fully saturated rings. The van der Waals surface area contributed by atoms with E-state index in [0.29, 0.717) is 5.56 Å². The largest absolute Gasteiger partial charge is 0.361 e. The minimum Gasteiger partial charge on any atom is -0.361 e. The maximum absolute atomic E-state index is 13.2. The van der Waals surface area contributed by atoms with Crippen molar-refractivity contribution in [2.24, 2.45) is 5.73 Å². The topological polar surface area (TPSA) is 41.8 Å². The highest BCUT2D eigenvalue weighted by atomic mass is 19.3. The van der Waals surface area contributed by atoms with Crippen LogP contribution in [-0.2, 0) is 5.54 Å². The van der Waals surface area contributed by atoms with Gasteiger partial charge in [-0.25, -0.2) is 8.78 Å². The molecular weight excluding hydrogens is 198 g/mol. The van der Waals surface area contributed by atoms with Gasteiger partial charge in [0.15, 0.2) is 0 Å². The zero-order valence-electron chi connectivity index (χ0n) is 7.93. The Morgan fingerprint density at radius 2 is 2.00 bits per heavy atom. The molecule has 2 nitrogen and oxygen atoms in total. The van der Waals surface area contributed by atoms with E-state index in [2.05, 4.69) is 4.98 Å². The van der Waals surface area contributed by atoms with Gasteiger partial charge in [0, 0.05) is 18.2 Å². The van der Waals surface area contributed by atoms with Crippen LogP contribution < -0.4 is 5.73 Å². The zero-order chi connectivity index (χ0) is 10.7. The van der Waals surface area contributed by atoms with Crippen molar-refractivity contribution in [3.63, 3.8) is 0 Å². The first-order valence-corrected chi connectivity index (χ1v) is 4.78. The Morgan fingerprint density at radius 1 is 1.27 bits per heavy atom. The van der Waals surface area contributed by atoms with Gasteiger partial charge >= 0.3 is 0 Å². The molecule has 1 saturated carbocycles. The van der Waals surface area contributed by atoms with E-state index in [1.807, 2.05) is 12.1 Å². The monoisotopic (exact) mass is 208 g/mol. The van der Waals surface area contributed by atoms with Crippen LogP contribution in [0, 0.1) is 0 Å². The molecule has 78 valence electrons. The number of aromatic nitrogens is 1. The number of hydrogen-bond acceptors (Lipinski definition) is 1. The summed E-state index contributed by atoms with van der Waals surface area (Å²) in [6, 6.07) is 7.15. The Morgan fingerprint density at radius 3 is 2.67 bits per heavy atom. The Balaban J connectivity index is 2.24. The molecule has 0 aliphatic heterocycles. The predicted molar refractivity (Wildman–Crippen MR) is 53.7 cm³/mol. The normalized spacial score (nSPS) is 28.2. The van der Waals surface area contributed by atoms with Gasteiger partial charge in [0.1, 0.15) is 5.54 Å². The number of nitrogens with two attached hydrogens (primary N) is 1. The highest BCUT2D eigenvalue weighted by Crippen LogP contribution is 2.58. The van der Waals surface area contributed by atoms with Crippen LogP contribution in [0.3, 0.4) is 0 Å². The summed E-state index contributed by atoms with van der Waals surface area (Å²) in [7, 11) is 0. The number of rotatable bonds is 1. The molecule has 0 saturated heterocycles. The fourth-order valence-electron chi connectivity index (χ4n) is 2.05. The number of halogens is 2. The second-order valence-corrected chi connectivity index (χ2v) is 4.10. The molecule has 0 amide bonds. The van der Waals surface area contributed by atoms with Gasteiger partial charge in [0.25, 0.3) is 5.92 Å². The lowest BCUT2D eigenvalue weighted by Crippen LogP contribution is -2.27. The first kappa shape index (κ1) is 8.85. The van der Waals surface area contributed by atoms with Crippen molar-refractivity contribution in [2.75, 3.05) is 0 Å². The van der Waals surface area contributed by atoms with Gasteiger partial charge in [-0.1, -0.05) is 18.2 Å². The number of H-pyrrole nitrogens is 1. The molecule has 1 aromatic carbocycles. The van der Waals surface area contributed by atoms with Crippen molar-refractivity contribution in [1.82, 2.24) is 4.98 Å². The van der Waals surface area contributed by atoms with E-state index in [4.69, 9.17) is 5.73 Å². The van der Waals surface area contributed by atoms with Crippen LogP contribution in [0.1, 0.15) is 12.0 Å². The van der Waals surface area contributed by atoms with Gasteiger partial charge in [0.05, 0.1) is 5.52 Å². The molecule has 1 unspecified atom stereocenters. The molecule has 4 heteroatoms. The van der Waals surface area contributed by atoms with Crippen LogP contribution in [0.25, 0.3) is 10.9 Å². The zero-order valence-corrected chi connectivity index (χ0v) is 7.93.